The number of nitrogens with zero attached hydrogens (tertiary/aromatic N) is 1. The Balaban J connectivity index is 1.81. The quantitative estimate of drug-likeness (QED) is 0.690. The molecule has 0 bridgehead atoms. The van der Waals surface area contributed by atoms with Gasteiger partial charge in [0, 0.05) is 29.2 Å². The van der Waals surface area contributed by atoms with Crippen molar-refractivity contribution in [3.8, 4) is 0 Å². The predicted octanol–water partition coefficient (Wildman–Crippen LogP) is 5.24. The van der Waals surface area contributed by atoms with Crippen molar-refractivity contribution >= 4 is 28.9 Å². The lowest BCUT2D eigenvalue weighted by molar-refractivity contribution is 0.431. The molecule has 2 aliphatic rings. The molecule has 19 heavy (non-hydrogen) atoms. The molecule has 1 unspecified atom stereocenters. The minimum absolute atomic E-state index is 0.491. The van der Waals surface area contributed by atoms with Gasteiger partial charge in [-0.1, -0.05) is 30.5 Å². The van der Waals surface area contributed by atoms with Gasteiger partial charge in [-0.2, -0.15) is 0 Å². The van der Waals surface area contributed by atoms with Crippen LogP contribution in [0.15, 0.2) is 18.2 Å². The Hall–Kier alpha value is -0.400. The van der Waals surface area contributed by atoms with Crippen LogP contribution >= 0.6 is 23.2 Å². The molecule has 1 nitrogen and oxygen atoms in total. The van der Waals surface area contributed by atoms with E-state index in [0.29, 0.717) is 5.88 Å². The minimum atomic E-state index is 0.491. The molecule has 1 aliphatic heterocycles. The van der Waals surface area contributed by atoms with E-state index in [1.54, 1.807) is 0 Å². The molecule has 1 aromatic carbocycles. The van der Waals surface area contributed by atoms with E-state index in [1.165, 1.54) is 50.8 Å². The van der Waals surface area contributed by atoms with Crippen molar-refractivity contribution < 1.29 is 0 Å². The summed E-state index contributed by atoms with van der Waals surface area (Å²) >= 11 is 12.2. The van der Waals surface area contributed by atoms with Gasteiger partial charge in [0.05, 0.1) is 0 Å². The number of halogens is 2. The number of benzene rings is 1. The Labute approximate surface area is 125 Å². The number of hydrogen-bond acceptors (Lipinski definition) is 1. The van der Waals surface area contributed by atoms with Crippen molar-refractivity contribution in [2.24, 2.45) is 5.92 Å². The highest BCUT2D eigenvalue weighted by Gasteiger charge is 2.33. The second-order valence-electron chi connectivity index (χ2n) is 5.86. The van der Waals surface area contributed by atoms with Gasteiger partial charge in [-0.3, -0.25) is 0 Å². The maximum atomic E-state index is 6.30. The van der Waals surface area contributed by atoms with Crippen molar-refractivity contribution in [2.45, 2.75) is 50.4 Å². The molecule has 1 aromatic rings. The van der Waals surface area contributed by atoms with Gasteiger partial charge in [0.2, 0.25) is 0 Å². The second kappa shape index (κ2) is 5.93. The molecule has 1 saturated heterocycles. The fourth-order valence-electron chi connectivity index (χ4n) is 3.77. The van der Waals surface area contributed by atoms with E-state index in [-0.39, 0.29) is 0 Å². The summed E-state index contributed by atoms with van der Waals surface area (Å²) in [4.78, 5) is 2.58. The Morgan fingerprint density at radius 2 is 1.89 bits per heavy atom. The summed E-state index contributed by atoms with van der Waals surface area (Å²) in [7, 11) is 0. The van der Waals surface area contributed by atoms with Crippen LogP contribution in [-0.2, 0) is 5.88 Å². The molecule has 3 rings (SSSR count). The van der Waals surface area contributed by atoms with E-state index in [4.69, 9.17) is 23.2 Å². The zero-order valence-corrected chi connectivity index (χ0v) is 12.8. The van der Waals surface area contributed by atoms with E-state index >= 15 is 0 Å². The maximum absolute atomic E-state index is 6.30. The van der Waals surface area contributed by atoms with E-state index < -0.39 is 0 Å². The van der Waals surface area contributed by atoms with Crippen LogP contribution in [0.4, 0.5) is 5.69 Å². The van der Waals surface area contributed by atoms with Crippen molar-refractivity contribution in [1.82, 2.24) is 0 Å². The fourth-order valence-corrected chi connectivity index (χ4v) is 4.31. The lowest BCUT2D eigenvalue weighted by Crippen LogP contribution is -2.34. The molecule has 0 spiro atoms. The predicted molar refractivity (Wildman–Crippen MR) is 83.3 cm³/mol. The van der Waals surface area contributed by atoms with Gasteiger partial charge in [-0.15, -0.1) is 11.6 Å². The van der Waals surface area contributed by atoms with Crippen LogP contribution in [0, 0.1) is 5.92 Å². The molecule has 1 atom stereocenters. The van der Waals surface area contributed by atoms with E-state index in [9.17, 15) is 0 Å². The number of rotatable bonds is 3. The first-order valence-corrected chi connectivity index (χ1v) is 8.32. The molecule has 0 aromatic heterocycles. The van der Waals surface area contributed by atoms with Crippen LogP contribution in [0.25, 0.3) is 0 Å². The van der Waals surface area contributed by atoms with Crippen LogP contribution in [0.3, 0.4) is 0 Å². The first-order chi connectivity index (χ1) is 9.29. The van der Waals surface area contributed by atoms with Crippen LogP contribution in [-0.4, -0.2) is 12.6 Å². The largest absolute Gasteiger partial charge is 0.368 e. The van der Waals surface area contributed by atoms with Crippen molar-refractivity contribution in [3.05, 3.63) is 28.8 Å². The van der Waals surface area contributed by atoms with Crippen LogP contribution < -0.4 is 4.90 Å². The van der Waals surface area contributed by atoms with Crippen molar-refractivity contribution in [2.75, 3.05) is 11.4 Å². The normalized spacial score (nSPS) is 24.3. The van der Waals surface area contributed by atoms with Gasteiger partial charge in [0.15, 0.2) is 0 Å². The second-order valence-corrected chi connectivity index (χ2v) is 6.53. The summed E-state index contributed by atoms with van der Waals surface area (Å²) in [5, 5.41) is 0.810. The first kappa shape index (κ1) is 13.6. The highest BCUT2D eigenvalue weighted by molar-refractivity contribution is 6.32. The molecule has 3 heteroatoms. The molecule has 0 N–H and O–H groups in total. The number of hydrogen-bond donors (Lipinski definition) is 0. The highest BCUT2D eigenvalue weighted by Crippen LogP contribution is 2.38. The summed E-state index contributed by atoms with van der Waals surface area (Å²) < 4.78 is 0. The summed E-state index contributed by atoms with van der Waals surface area (Å²) in [6.45, 7) is 1.18. The summed E-state index contributed by atoms with van der Waals surface area (Å²) in [5.74, 6) is 1.39. The molecular weight excluding hydrogens is 277 g/mol. The van der Waals surface area contributed by atoms with Gasteiger partial charge in [-0.25, -0.2) is 0 Å². The lowest BCUT2D eigenvalue weighted by atomic mass is 9.95. The molecule has 0 amide bonds. The summed E-state index contributed by atoms with van der Waals surface area (Å²) in [6, 6.07) is 7.11. The number of alkyl halides is 1. The Morgan fingerprint density at radius 1 is 1.11 bits per heavy atom. The smallest absolute Gasteiger partial charge is 0.0488 e. The molecule has 104 valence electrons. The molecule has 1 saturated carbocycles. The summed E-state index contributed by atoms with van der Waals surface area (Å²) in [6.07, 6.45) is 8.32. The summed E-state index contributed by atoms with van der Waals surface area (Å²) in [5.41, 5.74) is 2.32. The van der Waals surface area contributed by atoms with E-state index in [0.717, 1.165) is 22.5 Å². The fraction of sp³-hybridized carbons (Fsp3) is 0.625. The third kappa shape index (κ3) is 2.73. The average Bonchev–Trinajstić information content (AvgIpc) is 3.09. The van der Waals surface area contributed by atoms with Gasteiger partial charge in [0.25, 0.3) is 0 Å². The van der Waals surface area contributed by atoms with Gasteiger partial charge < -0.3 is 4.90 Å². The van der Waals surface area contributed by atoms with E-state index in [2.05, 4.69) is 23.1 Å². The first-order valence-electron chi connectivity index (χ1n) is 7.40. The van der Waals surface area contributed by atoms with Crippen LogP contribution in [0.5, 0.6) is 0 Å². The lowest BCUT2D eigenvalue weighted by Gasteiger charge is -2.31. The highest BCUT2D eigenvalue weighted by atomic mass is 35.5. The molecule has 1 aliphatic carbocycles. The minimum Gasteiger partial charge on any atom is -0.368 e. The van der Waals surface area contributed by atoms with Crippen LogP contribution in [0.1, 0.15) is 44.1 Å². The Bertz CT molecular complexity index is 440. The Kier molecular flexibility index (Phi) is 4.24. The van der Waals surface area contributed by atoms with Crippen molar-refractivity contribution in [3.63, 3.8) is 0 Å². The third-order valence-electron chi connectivity index (χ3n) is 4.76. The number of anilines is 1. The molecule has 0 radical (unpaired) electrons. The van der Waals surface area contributed by atoms with Gasteiger partial charge in [0.1, 0.15) is 0 Å². The van der Waals surface area contributed by atoms with Gasteiger partial charge in [-0.05, 0) is 49.3 Å². The van der Waals surface area contributed by atoms with Crippen molar-refractivity contribution in [1.29, 1.82) is 0 Å². The third-order valence-corrected chi connectivity index (χ3v) is 5.40. The van der Waals surface area contributed by atoms with E-state index in [1.807, 2.05) is 0 Å². The Morgan fingerprint density at radius 3 is 2.58 bits per heavy atom. The topological polar surface area (TPSA) is 3.24 Å². The molecule has 1 heterocycles. The zero-order valence-electron chi connectivity index (χ0n) is 11.2. The maximum Gasteiger partial charge on any atom is 0.0488 e. The van der Waals surface area contributed by atoms with Crippen LogP contribution in [0.2, 0.25) is 5.02 Å². The molecule has 2 fully saturated rings. The van der Waals surface area contributed by atoms with Gasteiger partial charge >= 0.3 is 0 Å². The zero-order chi connectivity index (χ0) is 13.2. The monoisotopic (exact) mass is 297 g/mol. The SMILES string of the molecule is ClCc1ccc(N2CCCC2C2CCCC2)cc1Cl. The standard InChI is InChI=1S/C16H21Cl2N/c17-11-13-7-8-14(10-15(13)18)19-9-3-6-16(19)12-4-1-2-5-12/h7-8,10,12,16H,1-6,9,11H2. The molecular formula is C16H21Cl2N. The average molecular weight is 298 g/mol.